The zero-order chi connectivity index (χ0) is 14.7. The summed E-state index contributed by atoms with van der Waals surface area (Å²) in [4.78, 5) is 24.4. The minimum atomic E-state index is 0.154. The first-order valence-electron chi connectivity index (χ1n) is 7.35. The van der Waals surface area contributed by atoms with E-state index in [1.807, 2.05) is 35.5 Å². The number of nitrogens with zero attached hydrogens (tertiary/aromatic N) is 3. The molecule has 0 spiro atoms. The molecule has 3 rings (SSSR count). The third kappa shape index (κ3) is 3.13. The number of hydrogen-bond donors (Lipinski definition) is 0. The maximum absolute atomic E-state index is 12.5. The van der Waals surface area contributed by atoms with E-state index in [0.29, 0.717) is 6.42 Å². The van der Waals surface area contributed by atoms with Crippen molar-refractivity contribution in [3.05, 3.63) is 46.2 Å². The van der Waals surface area contributed by atoms with Crippen LogP contribution >= 0.6 is 11.3 Å². The summed E-state index contributed by atoms with van der Waals surface area (Å²) in [5.41, 5.74) is 3.91. The number of amides is 1. The molecule has 1 aliphatic heterocycles. The minimum Gasteiger partial charge on any atom is -0.334 e. The highest BCUT2D eigenvalue weighted by Gasteiger charge is 2.30. The lowest BCUT2D eigenvalue weighted by atomic mass is 10.1. The molecule has 1 amide bonds. The second-order valence-corrected chi connectivity index (χ2v) is 6.30. The van der Waals surface area contributed by atoms with Crippen molar-refractivity contribution >= 4 is 17.2 Å². The Morgan fingerprint density at radius 2 is 2.33 bits per heavy atom. The van der Waals surface area contributed by atoms with Gasteiger partial charge in [-0.2, -0.15) is 0 Å². The number of pyridine rings is 1. The summed E-state index contributed by atoms with van der Waals surface area (Å²) < 4.78 is 0. The fourth-order valence-electron chi connectivity index (χ4n) is 2.88. The first-order chi connectivity index (χ1) is 10.3. The third-order valence-corrected chi connectivity index (χ3v) is 5.01. The van der Waals surface area contributed by atoms with Crippen LogP contribution in [0.1, 0.15) is 41.6 Å². The van der Waals surface area contributed by atoms with Gasteiger partial charge in [0.25, 0.3) is 0 Å². The van der Waals surface area contributed by atoms with Crippen LogP contribution in [0.3, 0.4) is 0 Å². The lowest BCUT2D eigenvalue weighted by Crippen LogP contribution is -2.31. The average Bonchev–Trinajstić information content (AvgIpc) is 3.15. The van der Waals surface area contributed by atoms with E-state index in [2.05, 4.69) is 9.97 Å². The third-order valence-electron chi connectivity index (χ3n) is 4.01. The average molecular weight is 301 g/mol. The van der Waals surface area contributed by atoms with Crippen LogP contribution in [0, 0.1) is 6.92 Å². The highest BCUT2D eigenvalue weighted by atomic mass is 32.1. The van der Waals surface area contributed by atoms with Crippen LogP contribution < -0.4 is 0 Å². The quantitative estimate of drug-likeness (QED) is 0.871. The van der Waals surface area contributed by atoms with Gasteiger partial charge in [0.1, 0.15) is 0 Å². The Kier molecular flexibility index (Phi) is 4.29. The molecule has 1 aliphatic rings. The fraction of sp³-hybridized carbons (Fsp3) is 0.438. The number of aryl methyl sites for hydroxylation is 2. The molecular weight excluding hydrogens is 282 g/mol. The van der Waals surface area contributed by atoms with E-state index in [0.717, 1.165) is 37.2 Å². The maximum Gasteiger partial charge on any atom is 0.223 e. The second-order valence-electron chi connectivity index (χ2n) is 5.36. The molecule has 110 valence electrons. The standard InChI is InChI=1S/C16H19N3OS/c1-12-15(21-11-18-12)7-8-16(20)19-10-4-6-14(19)13-5-2-3-9-17-13/h2-3,5,9,11,14H,4,6-8,10H2,1H3. The molecule has 1 unspecified atom stereocenters. The number of aromatic nitrogens is 2. The Hall–Kier alpha value is -1.75. The summed E-state index contributed by atoms with van der Waals surface area (Å²) in [6, 6.07) is 6.08. The minimum absolute atomic E-state index is 0.154. The van der Waals surface area contributed by atoms with Gasteiger partial charge in [0, 0.05) is 24.0 Å². The summed E-state index contributed by atoms with van der Waals surface area (Å²) >= 11 is 1.64. The van der Waals surface area contributed by atoms with Crippen molar-refractivity contribution in [1.29, 1.82) is 0 Å². The summed E-state index contributed by atoms with van der Waals surface area (Å²) in [7, 11) is 0. The van der Waals surface area contributed by atoms with Crippen molar-refractivity contribution in [1.82, 2.24) is 14.9 Å². The summed E-state index contributed by atoms with van der Waals surface area (Å²) in [6.07, 6.45) is 5.24. The van der Waals surface area contributed by atoms with Gasteiger partial charge in [0.15, 0.2) is 0 Å². The SMILES string of the molecule is Cc1ncsc1CCC(=O)N1CCCC1c1ccccn1. The van der Waals surface area contributed by atoms with Gasteiger partial charge in [-0.25, -0.2) is 4.98 Å². The van der Waals surface area contributed by atoms with Crippen LogP contribution in [0.2, 0.25) is 0 Å². The molecule has 5 heteroatoms. The van der Waals surface area contributed by atoms with Crippen molar-refractivity contribution in [2.45, 2.75) is 38.6 Å². The molecule has 1 atom stereocenters. The van der Waals surface area contributed by atoms with Gasteiger partial charge in [-0.15, -0.1) is 11.3 Å². The molecule has 1 saturated heterocycles. The zero-order valence-electron chi connectivity index (χ0n) is 12.2. The van der Waals surface area contributed by atoms with Gasteiger partial charge in [0.2, 0.25) is 5.91 Å². The number of thiazole rings is 1. The largest absolute Gasteiger partial charge is 0.334 e. The van der Waals surface area contributed by atoms with Gasteiger partial charge in [-0.3, -0.25) is 9.78 Å². The molecule has 0 bridgehead atoms. The van der Waals surface area contributed by atoms with Gasteiger partial charge in [-0.05, 0) is 38.3 Å². The van der Waals surface area contributed by atoms with E-state index >= 15 is 0 Å². The molecule has 0 N–H and O–H groups in total. The molecule has 21 heavy (non-hydrogen) atoms. The Morgan fingerprint density at radius 3 is 3.05 bits per heavy atom. The molecule has 2 aromatic rings. The van der Waals surface area contributed by atoms with Gasteiger partial charge in [0.05, 0.1) is 22.9 Å². The van der Waals surface area contributed by atoms with E-state index in [9.17, 15) is 4.79 Å². The van der Waals surface area contributed by atoms with Crippen LogP contribution in [-0.2, 0) is 11.2 Å². The molecule has 0 saturated carbocycles. The maximum atomic E-state index is 12.5. The van der Waals surface area contributed by atoms with Gasteiger partial charge in [-0.1, -0.05) is 6.07 Å². The molecule has 0 aliphatic carbocycles. The van der Waals surface area contributed by atoms with Crippen LogP contribution in [0.5, 0.6) is 0 Å². The van der Waals surface area contributed by atoms with Crippen molar-refractivity contribution in [3.63, 3.8) is 0 Å². The lowest BCUT2D eigenvalue weighted by molar-refractivity contribution is -0.132. The van der Waals surface area contributed by atoms with E-state index in [4.69, 9.17) is 0 Å². The summed E-state index contributed by atoms with van der Waals surface area (Å²) in [5.74, 6) is 0.232. The Morgan fingerprint density at radius 1 is 1.43 bits per heavy atom. The molecule has 0 aromatic carbocycles. The van der Waals surface area contributed by atoms with Gasteiger partial charge >= 0.3 is 0 Å². The Balaban J connectivity index is 1.65. The molecule has 0 radical (unpaired) electrons. The van der Waals surface area contributed by atoms with Crippen LogP contribution in [-0.4, -0.2) is 27.3 Å². The number of hydrogen-bond acceptors (Lipinski definition) is 4. The van der Waals surface area contributed by atoms with Crippen molar-refractivity contribution in [2.24, 2.45) is 0 Å². The molecule has 2 aromatic heterocycles. The number of carbonyl (C=O) groups excluding carboxylic acids is 1. The summed E-state index contributed by atoms with van der Waals surface area (Å²) in [5, 5.41) is 0. The monoisotopic (exact) mass is 301 g/mol. The molecule has 4 nitrogen and oxygen atoms in total. The number of rotatable bonds is 4. The second kappa shape index (κ2) is 6.35. The first-order valence-corrected chi connectivity index (χ1v) is 8.23. The van der Waals surface area contributed by atoms with Crippen molar-refractivity contribution in [3.8, 4) is 0 Å². The van der Waals surface area contributed by atoms with Crippen molar-refractivity contribution in [2.75, 3.05) is 6.54 Å². The first kappa shape index (κ1) is 14.2. The van der Waals surface area contributed by atoms with E-state index in [-0.39, 0.29) is 11.9 Å². The van der Waals surface area contributed by atoms with Crippen LogP contribution in [0.15, 0.2) is 29.9 Å². The molecular formula is C16H19N3OS. The smallest absolute Gasteiger partial charge is 0.223 e. The van der Waals surface area contributed by atoms with Crippen LogP contribution in [0.25, 0.3) is 0 Å². The number of carbonyl (C=O) groups is 1. The van der Waals surface area contributed by atoms with E-state index in [1.54, 1.807) is 17.5 Å². The van der Waals surface area contributed by atoms with Gasteiger partial charge < -0.3 is 4.90 Å². The molecule has 1 fully saturated rings. The van der Waals surface area contributed by atoms with Crippen LogP contribution in [0.4, 0.5) is 0 Å². The zero-order valence-corrected chi connectivity index (χ0v) is 13.0. The molecule has 3 heterocycles. The summed E-state index contributed by atoms with van der Waals surface area (Å²) in [6.45, 7) is 2.85. The normalized spacial score (nSPS) is 18.1. The number of likely N-dealkylation sites (tertiary alicyclic amines) is 1. The highest BCUT2D eigenvalue weighted by Crippen LogP contribution is 2.31. The predicted molar refractivity (Wildman–Crippen MR) is 83.1 cm³/mol. The highest BCUT2D eigenvalue weighted by molar-refractivity contribution is 7.09. The van der Waals surface area contributed by atoms with E-state index in [1.165, 1.54) is 4.88 Å². The topological polar surface area (TPSA) is 46.1 Å². The van der Waals surface area contributed by atoms with Crippen molar-refractivity contribution < 1.29 is 4.79 Å². The van der Waals surface area contributed by atoms with E-state index < -0.39 is 0 Å². The Bertz CT molecular complexity index is 611. The predicted octanol–water partition coefficient (Wildman–Crippen LogP) is 3.14. The lowest BCUT2D eigenvalue weighted by Gasteiger charge is -2.24. The fourth-order valence-corrected chi connectivity index (χ4v) is 3.66. The Labute approximate surface area is 128 Å².